The molecular formula is C29H29Cl2FN4O3. The number of aryl methyl sites for hydroxylation is 1. The SMILES string of the molecule is Cc1nc(-c2cccc(C(=O)NC3CC(C(=O)N[C@H](c4c(F)ccc(Cl)c4Cl)C45CCC(CC4)C5)C3)c2)no1. The summed E-state index contributed by atoms with van der Waals surface area (Å²) >= 11 is 12.8. The minimum absolute atomic E-state index is 0.130. The largest absolute Gasteiger partial charge is 0.349 e. The van der Waals surface area contributed by atoms with Crippen LogP contribution in [0.25, 0.3) is 11.4 Å². The second-order valence-corrected chi connectivity index (χ2v) is 12.1. The first-order chi connectivity index (χ1) is 18.7. The van der Waals surface area contributed by atoms with Crippen molar-refractivity contribution >= 4 is 35.0 Å². The van der Waals surface area contributed by atoms with Crippen LogP contribution in [0.3, 0.4) is 0 Å². The lowest BCUT2D eigenvalue weighted by molar-refractivity contribution is -0.130. The van der Waals surface area contributed by atoms with Gasteiger partial charge in [0.15, 0.2) is 0 Å². The van der Waals surface area contributed by atoms with E-state index in [2.05, 4.69) is 20.8 Å². The summed E-state index contributed by atoms with van der Waals surface area (Å²) < 4.78 is 20.2. The third kappa shape index (κ3) is 4.93. The summed E-state index contributed by atoms with van der Waals surface area (Å²) in [5.74, 6) is 0.383. The van der Waals surface area contributed by atoms with Gasteiger partial charge in [0.1, 0.15) is 5.82 Å². The molecule has 1 atom stereocenters. The highest BCUT2D eigenvalue weighted by Gasteiger charge is 2.52. The van der Waals surface area contributed by atoms with Crippen molar-refractivity contribution in [2.24, 2.45) is 17.3 Å². The number of nitrogens with one attached hydrogen (secondary N) is 2. The van der Waals surface area contributed by atoms with Crippen LogP contribution in [0.2, 0.25) is 10.0 Å². The number of halogens is 3. The van der Waals surface area contributed by atoms with Crippen LogP contribution in [0.1, 0.15) is 72.8 Å². The normalized spacial score (nSPS) is 26.2. The summed E-state index contributed by atoms with van der Waals surface area (Å²) in [6.45, 7) is 1.70. The molecule has 1 heterocycles. The van der Waals surface area contributed by atoms with Gasteiger partial charge in [0.25, 0.3) is 5.91 Å². The molecule has 0 radical (unpaired) electrons. The molecule has 3 saturated carbocycles. The molecule has 3 aliphatic carbocycles. The van der Waals surface area contributed by atoms with E-state index in [0.717, 1.165) is 32.1 Å². The summed E-state index contributed by atoms with van der Waals surface area (Å²) in [6.07, 6.45) is 5.98. The number of amides is 2. The Morgan fingerprint density at radius 2 is 1.92 bits per heavy atom. The second kappa shape index (κ2) is 10.2. The Morgan fingerprint density at radius 1 is 1.15 bits per heavy atom. The van der Waals surface area contributed by atoms with Crippen LogP contribution in [0, 0.1) is 30.0 Å². The molecule has 204 valence electrons. The van der Waals surface area contributed by atoms with Gasteiger partial charge in [-0.25, -0.2) is 4.39 Å². The van der Waals surface area contributed by atoms with E-state index in [9.17, 15) is 9.59 Å². The molecule has 7 nitrogen and oxygen atoms in total. The monoisotopic (exact) mass is 570 g/mol. The van der Waals surface area contributed by atoms with E-state index in [0.29, 0.717) is 47.2 Å². The number of carbonyl (C=O) groups is 2. The number of fused-ring (bicyclic) bond motifs is 2. The molecule has 0 spiro atoms. The van der Waals surface area contributed by atoms with Gasteiger partial charge in [0, 0.05) is 35.6 Å². The zero-order valence-electron chi connectivity index (χ0n) is 21.5. The second-order valence-electron chi connectivity index (χ2n) is 11.3. The van der Waals surface area contributed by atoms with Gasteiger partial charge in [-0.3, -0.25) is 9.59 Å². The Labute approximate surface area is 235 Å². The molecule has 2 aromatic carbocycles. The molecule has 2 amide bonds. The van der Waals surface area contributed by atoms with Crippen LogP contribution in [0.15, 0.2) is 40.9 Å². The zero-order valence-corrected chi connectivity index (χ0v) is 23.0. The zero-order chi connectivity index (χ0) is 27.3. The summed E-state index contributed by atoms with van der Waals surface area (Å²) in [5, 5.41) is 10.5. The van der Waals surface area contributed by atoms with Crippen molar-refractivity contribution in [1.29, 1.82) is 0 Å². The highest BCUT2D eigenvalue weighted by atomic mass is 35.5. The summed E-state index contributed by atoms with van der Waals surface area (Å²) in [6, 6.07) is 9.12. The number of carbonyl (C=O) groups excluding carboxylic acids is 2. The fourth-order valence-electron chi connectivity index (χ4n) is 6.68. The first-order valence-corrected chi connectivity index (χ1v) is 14.1. The fourth-order valence-corrected chi connectivity index (χ4v) is 7.10. The summed E-state index contributed by atoms with van der Waals surface area (Å²) in [7, 11) is 0. The number of benzene rings is 2. The van der Waals surface area contributed by atoms with Crippen LogP contribution in [-0.4, -0.2) is 28.0 Å². The molecule has 39 heavy (non-hydrogen) atoms. The molecule has 0 aliphatic heterocycles. The number of aromatic nitrogens is 2. The van der Waals surface area contributed by atoms with E-state index in [1.54, 1.807) is 25.1 Å². The van der Waals surface area contributed by atoms with Crippen molar-refractivity contribution < 1.29 is 18.5 Å². The molecule has 10 heteroatoms. The number of rotatable bonds is 7. The first-order valence-electron chi connectivity index (χ1n) is 13.4. The number of nitrogens with zero attached hydrogens (tertiary/aromatic N) is 2. The molecular weight excluding hydrogens is 542 g/mol. The van der Waals surface area contributed by atoms with E-state index >= 15 is 4.39 Å². The molecule has 3 aromatic rings. The first kappa shape index (κ1) is 26.3. The van der Waals surface area contributed by atoms with Crippen molar-refractivity contribution in [2.75, 3.05) is 0 Å². The Kier molecular flexibility index (Phi) is 6.88. The third-order valence-electron chi connectivity index (χ3n) is 8.82. The Morgan fingerprint density at radius 3 is 2.59 bits per heavy atom. The maximum Gasteiger partial charge on any atom is 0.251 e. The molecule has 6 rings (SSSR count). The van der Waals surface area contributed by atoms with E-state index < -0.39 is 11.9 Å². The van der Waals surface area contributed by atoms with Gasteiger partial charge < -0.3 is 15.2 Å². The highest BCUT2D eigenvalue weighted by Crippen LogP contribution is 2.61. The van der Waals surface area contributed by atoms with Gasteiger partial charge >= 0.3 is 0 Å². The van der Waals surface area contributed by atoms with Gasteiger partial charge in [-0.1, -0.05) is 40.5 Å². The quantitative estimate of drug-likeness (QED) is 0.319. The summed E-state index contributed by atoms with van der Waals surface area (Å²) in [5.41, 5.74) is 1.24. The van der Waals surface area contributed by atoms with Crippen molar-refractivity contribution in [3.05, 3.63) is 69.3 Å². The number of hydrogen-bond donors (Lipinski definition) is 2. The van der Waals surface area contributed by atoms with Gasteiger partial charge in [-0.15, -0.1) is 0 Å². The van der Waals surface area contributed by atoms with Crippen molar-refractivity contribution in [3.8, 4) is 11.4 Å². The average Bonchev–Trinajstić information content (AvgIpc) is 3.64. The minimum Gasteiger partial charge on any atom is -0.349 e. The minimum atomic E-state index is -0.533. The van der Waals surface area contributed by atoms with Crippen molar-refractivity contribution in [2.45, 2.75) is 64.0 Å². The molecule has 0 unspecified atom stereocenters. The smallest absolute Gasteiger partial charge is 0.251 e. The average molecular weight is 571 g/mol. The maximum absolute atomic E-state index is 15.2. The lowest BCUT2D eigenvalue weighted by Gasteiger charge is -2.41. The van der Waals surface area contributed by atoms with E-state index in [1.807, 2.05) is 6.07 Å². The topological polar surface area (TPSA) is 97.1 Å². The van der Waals surface area contributed by atoms with E-state index in [-0.39, 0.29) is 39.2 Å². The van der Waals surface area contributed by atoms with Gasteiger partial charge in [-0.05, 0) is 80.5 Å². The molecule has 2 bridgehead atoms. The molecule has 3 aliphatic rings. The fraction of sp³-hybridized carbons (Fsp3) is 0.448. The highest BCUT2D eigenvalue weighted by molar-refractivity contribution is 6.42. The lowest BCUT2D eigenvalue weighted by atomic mass is 9.73. The van der Waals surface area contributed by atoms with Crippen LogP contribution >= 0.6 is 23.2 Å². The predicted octanol–water partition coefficient (Wildman–Crippen LogP) is 6.44. The van der Waals surface area contributed by atoms with E-state index in [1.165, 1.54) is 12.1 Å². The van der Waals surface area contributed by atoms with Gasteiger partial charge in [0.2, 0.25) is 17.6 Å². The van der Waals surface area contributed by atoms with Crippen molar-refractivity contribution in [3.63, 3.8) is 0 Å². The van der Waals surface area contributed by atoms with Gasteiger partial charge in [-0.2, -0.15) is 4.98 Å². The van der Waals surface area contributed by atoms with Crippen LogP contribution < -0.4 is 10.6 Å². The molecule has 1 aromatic heterocycles. The third-order valence-corrected chi connectivity index (χ3v) is 9.64. The van der Waals surface area contributed by atoms with E-state index in [4.69, 9.17) is 27.7 Å². The Hall–Kier alpha value is -2.97. The standard InChI is InChI=1S/C29H29Cl2FN4O3/c1-15-33-26(36-39-15)17-3-2-4-18(11-17)27(37)34-20-12-19(13-20)28(38)35-25(29-9-7-16(14-29)8-10-29)23-22(32)6-5-21(30)24(23)31/h2-6,11,16,19-20,25H,7-10,12-14H2,1H3,(H,34,37)(H,35,38)/t16?,19?,20?,25-,29?/m1/s1. The Bertz CT molecular complexity index is 1430. The van der Waals surface area contributed by atoms with Crippen molar-refractivity contribution in [1.82, 2.24) is 20.8 Å². The summed E-state index contributed by atoms with van der Waals surface area (Å²) in [4.78, 5) is 30.5. The lowest BCUT2D eigenvalue weighted by Crippen LogP contribution is -2.51. The van der Waals surface area contributed by atoms with Crippen LogP contribution in [-0.2, 0) is 4.79 Å². The molecule has 0 saturated heterocycles. The maximum atomic E-state index is 15.2. The molecule has 2 N–H and O–H groups in total. The number of hydrogen-bond acceptors (Lipinski definition) is 5. The van der Waals surface area contributed by atoms with Crippen LogP contribution in [0.5, 0.6) is 0 Å². The molecule has 3 fully saturated rings. The van der Waals surface area contributed by atoms with Gasteiger partial charge in [0.05, 0.1) is 16.1 Å². The Balaban J connectivity index is 1.12. The predicted molar refractivity (Wildman–Crippen MR) is 145 cm³/mol. The van der Waals surface area contributed by atoms with Crippen LogP contribution in [0.4, 0.5) is 4.39 Å².